The Balaban J connectivity index is 2.93. The van der Waals surface area contributed by atoms with Gasteiger partial charge in [-0.15, -0.1) is 0 Å². The van der Waals surface area contributed by atoms with Gasteiger partial charge in [-0.05, 0) is 38.3 Å². The summed E-state index contributed by atoms with van der Waals surface area (Å²) in [6.07, 6.45) is 2.09. The number of hydrogen-bond donors (Lipinski definition) is 1. The van der Waals surface area contributed by atoms with Crippen LogP contribution in [0.2, 0.25) is 0 Å². The van der Waals surface area contributed by atoms with E-state index in [0.717, 1.165) is 11.4 Å². The fraction of sp³-hybridized carbons (Fsp3) is 0.462. The van der Waals surface area contributed by atoms with Crippen LogP contribution in [0.5, 0.6) is 0 Å². The number of benzene rings is 1. The number of ketones is 1. The van der Waals surface area contributed by atoms with Crippen molar-refractivity contribution >= 4 is 28.9 Å². The number of anilines is 2. The number of hydrogen-bond acceptors (Lipinski definition) is 4. The van der Waals surface area contributed by atoms with Crippen LogP contribution in [-0.4, -0.2) is 30.9 Å². The minimum absolute atomic E-state index is 0.00821. The van der Waals surface area contributed by atoms with E-state index in [1.807, 2.05) is 30.9 Å². The third kappa shape index (κ3) is 3.40. The first-order valence-electron chi connectivity index (χ1n) is 5.59. The molecule has 0 radical (unpaired) electrons. The fourth-order valence-electron chi connectivity index (χ4n) is 1.70. The number of carbonyl (C=O) groups is 1. The number of nitrogens with two attached hydrogens (primary N) is 1. The monoisotopic (exact) mass is 252 g/mol. The molecular formula is C13H20N2OS. The zero-order chi connectivity index (χ0) is 13.0. The molecule has 3 nitrogen and oxygen atoms in total. The maximum atomic E-state index is 11.3. The Kier molecular flexibility index (Phi) is 4.87. The molecule has 94 valence electrons. The molecule has 4 heteroatoms. The van der Waals surface area contributed by atoms with E-state index in [4.69, 9.17) is 5.73 Å². The highest BCUT2D eigenvalue weighted by atomic mass is 32.2. The van der Waals surface area contributed by atoms with E-state index in [2.05, 4.69) is 18.1 Å². The summed E-state index contributed by atoms with van der Waals surface area (Å²) in [6, 6.07) is 6.06. The molecule has 1 atom stereocenters. The molecule has 0 amide bonds. The number of nitrogen functional groups attached to an aromatic ring is 1. The third-order valence-electron chi connectivity index (χ3n) is 2.89. The minimum atomic E-state index is 0.00821. The molecule has 0 saturated heterocycles. The SMILES string of the molecule is CSCC(C)N(C)c1ccc(C(C)=O)c(N)c1. The quantitative estimate of drug-likeness (QED) is 0.646. The second-order valence-corrected chi connectivity index (χ2v) is 5.15. The maximum absolute atomic E-state index is 11.3. The third-order valence-corrected chi connectivity index (χ3v) is 3.71. The Morgan fingerprint density at radius 3 is 2.65 bits per heavy atom. The Bertz CT molecular complexity index is 406. The van der Waals surface area contributed by atoms with Gasteiger partial charge >= 0.3 is 0 Å². The van der Waals surface area contributed by atoms with E-state index in [1.54, 1.807) is 6.07 Å². The lowest BCUT2D eigenvalue weighted by Crippen LogP contribution is -2.30. The normalized spacial score (nSPS) is 12.2. The number of Topliss-reactive ketones (excluding diaryl/α,β-unsaturated/α-hetero) is 1. The predicted octanol–water partition coefficient (Wildman–Crippen LogP) is 2.66. The summed E-state index contributed by atoms with van der Waals surface area (Å²) in [6.45, 7) is 3.71. The first kappa shape index (κ1) is 13.9. The molecule has 0 fully saturated rings. The average Bonchev–Trinajstić information content (AvgIpc) is 2.27. The van der Waals surface area contributed by atoms with Crippen molar-refractivity contribution < 1.29 is 4.79 Å². The van der Waals surface area contributed by atoms with Crippen molar-refractivity contribution in [3.8, 4) is 0 Å². The molecular weight excluding hydrogens is 232 g/mol. The van der Waals surface area contributed by atoms with E-state index in [0.29, 0.717) is 17.3 Å². The Labute approximate surface area is 107 Å². The molecule has 1 unspecified atom stereocenters. The van der Waals surface area contributed by atoms with Crippen molar-refractivity contribution in [2.45, 2.75) is 19.9 Å². The Morgan fingerprint density at radius 1 is 1.53 bits per heavy atom. The minimum Gasteiger partial charge on any atom is -0.398 e. The highest BCUT2D eigenvalue weighted by Crippen LogP contribution is 2.23. The van der Waals surface area contributed by atoms with E-state index in [9.17, 15) is 4.79 Å². The molecule has 0 heterocycles. The van der Waals surface area contributed by atoms with Crippen LogP contribution in [-0.2, 0) is 0 Å². The van der Waals surface area contributed by atoms with Gasteiger partial charge in [-0.1, -0.05) is 0 Å². The summed E-state index contributed by atoms with van der Waals surface area (Å²) in [5, 5.41) is 0. The standard InChI is InChI=1S/C13H20N2OS/c1-9(8-17-4)15(3)11-5-6-12(10(2)16)13(14)7-11/h5-7,9H,8,14H2,1-4H3. The summed E-state index contributed by atoms with van der Waals surface area (Å²) < 4.78 is 0. The second-order valence-electron chi connectivity index (χ2n) is 4.24. The average molecular weight is 252 g/mol. The van der Waals surface area contributed by atoms with E-state index in [1.165, 1.54) is 6.92 Å². The van der Waals surface area contributed by atoms with Crippen LogP contribution in [0.25, 0.3) is 0 Å². The molecule has 0 aliphatic carbocycles. The number of rotatable bonds is 5. The topological polar surface area (TPSA) is 46.3 Å². The molecule has 0 saturated carbocycles. The zero-order valence-corrected chi connectivity index (χ0v) is 11.7. The van der Waals surface area contributed by atoms with E-state index < -0.39 is 0 Å². The van der Waals surface area contributed by atoms with Crippen LogP contribution in [0.3, 0.4) is 0 Å². The van der Waals surface area contributed by atoms with Crippen molar-refractivity contribution in [3.63, 3.8) is 0 Å². The maximum Gasteiger partial charge on any atom is 0.161 e. The molecule has 1 rings (SSSR count). The van der Waals surface area contributed by atoms with Gasteiger partial charge in [0.25, 0.3) is 0 Å². The van der Waals surface area contributed by atoms with Gasteiger partial charge < -0.3 is 10.6 Å². The van der Waals surface area contributed by atoms with Crippen LogP contribution >= 0.6 is 11.8 Å². The zero-order valence-electron chi connectivity index (χ0n) is 10.9. The smallest absolute Gasteiger partial charge is 0.161 e. The van der Waals surface area contributed by atoms with Crippen molar-refractivity contribution in [2.75, 3.05) is 29.7 Å². The molecule has 1 aromatic rings. The lowest BCUT2D eigenvalue weighted by Gasteiger charge is -2.27. The van der Waals surface area contributed by atoms with Crippen LogP contribution < -0.4 is 10.6 Å². The fourth-order valence-corrected chi connectivity index (χ4v) is 2.40. The number of thioether (sulfide) groups is 1. The first-order valence-corrected chi connectivity index (χ1v) is 6.99. The van der Waals surface area contributed by atoms with Gasteiger partial charge in [0.15, 0.2) is 5.78 Å². The molecule has 0 bridgehead atoms. The Hall–Kier alpha value is -1.16. The predicted molar refractivity (Wildman–Crippen MR) is 77.1 cm³/mol. The van der Waals surface area contributed by atoms with Crippen LogP contribution in [0.15, 0.2) is 18.2 Å². The highest BCUT2D eigenvalue weighted by Gasteiger charge is 2.12. The van der Waals surface area contributed by atoms with E-state index >= 15 is 0 Å². The van der Waals surface area contributed by atoms with Crippen molar-refractivity contribution in [1.29, 1.82) is 0 Å². The molecule has 0 aliphatic heterocycles. The number of carbonyl (C=O) groups excluding carboxylic acids is 1. The molecule has 2 N–H and O–H groups in total. The lowest BCUT2D eigenvalue weighted by molar-refractivity contribution is 0.101. The van der Waals surface area contributed by atoms with E-state index in [-0.39, 0.29) is 5.78 Å². The van der Waals surface area contributed by atoms with Crippen LogP contribution in [0, 0.1) is 0 Å². The van der Waals surface area contributed by atoms with Crippen molar-refractivity contribution in [3.05, 3.63) is 23.8 Å². The van der Waals surface area contributed by atoms with Gasteiger partial charge in [-0.25, -0.2) is 0 Å². The Morgan fingerprint density at radius 2 is 2.18 bits per heavy atom. The molecule has 0 aromatic heterocycles. The van der Waals surface area contributed by atoms with Crippen LogP contribution in [0.4, 0.5) is 11.4 Å². The molecule has 0 aliphatic rings. The summed E-state index contributed by atoms with van der Waals surface area (Å²) in [5.41, 5.74) is 8.08. The van der Waals surface area contributed by atoms with Gasteiger partial charge in [0, 0.05) is 35.8 Å². The van der Waals surface area contributed by atoms with Gasteiger partial charge in [-0.2, -0.15) is 11.8 Å². The second kappa shape index (κ2) is 5.96. The lowest BCUT2D eigenvalue weighted by atomic mass is 10.1. The molecule has 1 aromatic carbocycles. The summed E-state index contributed by atoms with van der Waals surface area (Å²) in [5.74, 6) is 1.07. The van der Waals surface area contributed by atoms with Gasteiger partial charge in [-0.3, -0.25) is 4.79 Å². The largest absolute Gasteiger partial charge is 0.398 e. The number of nitrogens with zero attached hydrogens (tertiary/aromatic N) is 1. The summed E-state index contributed by atoms with van der Waals surface area (Å²) in [7, 11) is 2.04. The van der Waals surface area contributed by atoms with Gasteiger partial charge in [0.2, 0.25) is 0 Å². The van der Waals surface area contributed by atoms with Crippen LogP contribution in [0.1, 0.15) is 24.2 Å². The molecule has 0 spiro atoms. The summed E-state index contributed by atoms with van der Waals surface area (Å²) >= 11 is 1.82. The summed E-state index contributed by atoms with van der Waals surface area (Å²) in [4.78, 5) is 13.5. The highest BCUT2D eigenvalue weighted by molar-refractivity contribution is 7.98. The molecule has 17 heavy (non-hydrogen) atoms. The van der Waals surface area contributed by atoms with Crippen molar-refractivity contribution in [1.82, 2.24) is 0 Å². The first-order chi connectivity index (χ1) is 7.97. The van der Waals surface area contributed by atoms with Crippen molar-refractivity contribution in [2.24, 2.45) is 0 Å². The van der Waals surface area contributed by atoms with Gasteiger partial charge in [0.1, 0.15) is 0 Å². The van der Waals surface area contributed by atoms with Gasteiger partial charge in [0.05, 0.1) is 0 Å².